The summed E-state index contributed by atoms with van der Waals surface area (Å²) in [5.41, 5.74) is 0.583. The Bertz CT molecular complexity index is 371. The molecule has 0 radical (unpaired) electrons. The summed E-state index contributed by atoms with van der Waals surface area (Å²) < 4.78 is 4.76. The number of hydrogen-bond donors (Lipinski definition) is 2. The number of carbonyl (C=O) groups is 1. The number of benzene rings is 1. The fourth-order valence-corrected chi connectivity index (χ4v) is 1.05. The van der Waals surface area contributed by atoms with Crippen molar-refractivity contribution in [2.24, 2.45) is 0 Å². The number of ether oxygens (including phenoxy) is 1. The van der Waals surface area contributed by atoms with Crippen molar-refractivity contribution >= 4 is 5.97 Å². The third kappa shape index (κ3) is 3.34. The molecular formula is C11H12O4. The zero-order chi connectivity index (χ0) is 11.3. The average Bonchev–Trinajstić information content (AvgIpc) is 2.20. The third-order valence-corrected chi connectivity index (χ3v) is 1.75. The fourth-order valence-electron chi connectivity index (χ4n) is 1.05. The Morgan fingerprint density at radius 1 is 1.40 bits per heavy atom. The van der Waals surface area contributed by atoms with Gasteiger partial charge in [-0.2, -0.15) is 0 Å². The molecule has 0 spiro atoms. The van der Waals surface area contributed by atoms with Gasteiger partial charge in [-0.15, -0.1) is 0 Å². The molecule has 0 saturated carbocycles. The first kappa shape index (κ1) is 11.1. The van der Waals surface area contributed by atoms with E-state index in [0.29, 0.717) is 5.56 Å². The molecule has 0 aromatic heterocycles. The molecule has 1 aromatic rings. The largest absolute Gasteiger partial charge is 0.504 e. The van der Waals surface area contributed by atoms with Crippen LogP contribution in [0.2, 0.25) is 0 Å². The Balaban J connectivity index is 2.60. The van der Waals surface area contributed by atoms with Gasteiger partial charge in [-0.05, 0) is 17.7 Å². The van der Waals surface area contributed by atoms with E-state index in [1.807, 2.05) is 0 Å². The van der Waals surface area contributed by atoms with Gasteiger partial charge in [0.25, 0.3) is 0 Å². The molecule has 0 unspecified atom stereocenters. The maximum Gasteiger partial charge on any atom is 0.310 e. The predicted octanol–water partition coefficient (Wildman–Crippen LogP) is 1.37. The lowest BCUT2D eigenvalue weighted by molar-refractivity contribution is -0.141. The van der Waals surface area contributed by atoms with Crippen LogP contribution in [0.25, 0.3) is 0 Å². The minimum absolute atomic E-state index is 0.0572. The first-order valence-corrected chi connectivity index (χ1v) is 4.41. The number of aromatic hydroxyl groups is 2. The minimum Gasteiger partial charge on any atom is -0.504 e. The standard InChI is InChI=1S/C11H12O4/c1-2-5-15-11(14)7-8-3-4-9(12)10(13)6-8/h2-4,6,12-13H,1,5,7H2. The zero-order valence-corrected chi connectivity index (χ0v) is 8.14. The molecule has 0 atom stereocenters. The third-order valence-electron chi connectivity index (χ3n) is 1.75. The van der Waals surface area contributed by atoms with Crippen LogP contribution in [-0.2, 0) is 16.0 Å². The average molecular weight is 208 g/mol. The van der Waals surface area contributed by atoms with Gasteiger partial charge in [0.15, 0.2) is 11.5 Å². The van der Waals surface area contributed by atoms with Gasteiger partial charge in [-0.3, -0.25) is 4.79 Å². The highest BCUT2D eigenvalue weighted by atomic mass is 16.5. The monoisotopic (exact) mass is 208 g/mol. The second kappa shape index (κ2) is 5.05. The molecule has 0 aliphatic carbocycles. The van der Waals surface area contributed by atoms with Crippen molar-refractivity contribution in [1.82, 2.24) is 0 Å². The highest BCUT2D eigenvalue weighted by Crippen LogP contribution is 2.24. The molecular weight excluding hydrogens is 196 g/mol. The molecule has 0 fully saturated rings. The van der Waals surface area contributed by atoms with Crippen LogP contribution < -0.4 is 0 Å². The van der Waals surface area contributed by atoms with Crippen LogP contribution in [0, 0.1) is 0 Å². The highest BCUT2D eigenvalue weighted by molar-refractivity contribution is 5.73. The molecule has 0 aliphatic heterocycles. The molecule has 4 nitrogen and oxygen atoms in total. The molecule has 2 N–H and O–H groups in total. The maximum atomic E-state index is 11.2. The highest BCUT2D eigenvalue weighted by Gasteiger charge is 2.06. The molecule has 15 heavy (non-hydrogen) atoms. The summed E-state index contributed by atoms with van der Waals surface area (Å²) in [5.74, 6) is -0.859. The molecule has 0 amide bonds. The van der Waals surface area contributed by atoms with E-state index < -0.39 is 5.97 Å². The Labute approximate surface area is 87.4 Å². The topological polar surface area (TPSA) is 66.8 Å². The van der Waals surface area contributed by atoms with Crippen molar-refractivity contribution in [2.75, 3.05) is 6.61 Å². The Morgan fingerprint density at radius 3 is 2.73 bits per heavy atom. The van der Waals surface area contributed by atoms with E-state index in [0.717, 1.165) is 0 Å². The van der Waals surface area contributed by atoms with Crippen LogP contribution >= 0.6 is 0 Å². The molecule has 80 valence electrons. The van der Waals surface area contributed by atoms with Crippen molar-refractivity contribution in [1.29, 1.82) is 0 Å². The number of carbonyl (C=O) groups excluding carboxylic acids is 1. The molecule has 1 aromatic carbocycles. The number of hydrogen-bond acceptors (Lipinski definition) is 4. The quantitative estimate of drug-likeness (QED) is 0.445. The van der Waals surface area contributed by atoms with Gasteiger partial charge in [-0.25, -0.2) is 0 Å². The summed E-state index contributed by atoms with van der Waals surface area (Å²) in [4.78, 5) is 11.2. The lowest BCUT2D eigenvalue weighted by Gasteiger charge is -2.03. The number of esters is 1. The molecule has 0 saturated heterocycles. The summed E-state index contributed by atoms with van der Waals surface area (Å²) in [6, 6.07) is 4.19. The zero-order valence-electron chi connectivity index (χ0n) is 8.14. The first-order valence-electron chi connectivity index (χ1n) is 4.41. The maximum absolute atomic E-state index is 11.2. The number of rotatable bonds is 4. The normalized spacial score (nSPS) is 9.60. The molecule has 4 heteroatoms. The predicted molar refractivity (Wildman–Crippen MR) is 54.6 cm³/mol. The molecule has 0 bridgehead atoms. The van der Waals surface area contributed by atoms with Gasteiger partial charge in [0.2, 0.25) is 0 Å². The second-order valence-electron chi connectivity index (χ2n) is 2.97. The van der Waals surface area contributed by atoms with Crippen molar-refractivity contribution in [3.05, 3.63) is 36.4 Å². The summed E-state index contributed by atoms with van der Waals surface area (Å²) >= 11 is 0. The Hall–Kier alpha value is -1.97. The van der Waals surface area contributed by atoms with Gasteiger partial charge in [0.1, 0.15) is 6.61 Å². The van der Waals surface area contributed by atoms with Gasteiger partial charge in [0, 0.05) is 0 Å². The second-order valence-corrected chi connectivity index (χ2v) is 2.97. The SMILES string of the molecule is C=CCOC(=O)Cc1ccc(O)c(O)c1. The molecule has 1 rings (SSSR count). The van der Waals surface area contributed by atoms with Crippen LogP contribution in [0.1, 0.15) is 5.56 Å². The Kier molecular flexibility index (Phi) is 3.74. The Morgan fingerprint density at radius 2 is 2.13 bits per heavy atom. The fraction of sp³-hybridized carbons (Fsp3) is 0.182. The van der Waals surface area contributed by atoms with Crippen LogP contribution in [0.5, 0.6) is 11.5 Å². The summed E-state index contributed by atoms with van der Waals surface area (Å²) in [6.07, 6.45) is 1.54. The van der Waals surface area contributed by atoms with E-state index >= 15 is 0 Å². The molecule has 0 heterocycles. The number of phenolic OH excluding ortho intramolecular Hbond substituents is 2. The van der Waals surface area contributed by atoms with E-state index in [2.05, 4.69) is 6.58 Å². The first-order chi connectivity index (χ1) is 7.13. The summed E-state index contributed by atoms with van der Waals surface area (Å²) in [7, 11) is 0. The smallest absolute Gasteiger partial charge is 0.310 e. The van der Waals surface area contributed by atoms with Gasteiger partial charge in [-0.1, -0.05) is 18.7 Å². The molecule has 0 aliphatic rings. The summed E-state index contributed by atoms with van der Waals surface area (Å²) in [6.45, 7) is 3.58. The van der Waals surface area contributed by atoms with Gasteiger partial charge >= 0.3 is 5.97 Å². The van der Waals surface area contributed by atoms with E-state index in [-0.39, 0.29) is 24.5 Å². The van der Waals surface area contributed by atoms with Gasteiger partial charge in [0.05, 0.1) is 6.42 Å². The lowest BCUT2D eigenvalue weighted by Crippen LogP contribution is -2.07. The van der Waals surface area contributed by atoms with Gasteiger partial charge < -0.3 is 14.9 Å². The van der Waals surface area contributed by atoms with Crippen molar-refractivity contribution in [3.63, 3.8) is 0 Å². The lowest BCUT2D eigenvalue weighted by atomic mass is 10.1. The van der Waals surface area contributed by atoms with Crippen LogP contribution in [0.15, 0.2) is 30.9 Å². The van der Waals surface area contributed by atoms with E-state index in [1.54, 1.807) is 6.07 Å². The van der Waals surface area contributed by atoms with Crippen LogP contribution in [0.4, 0.5) is 0 Å². The van der Waals surface area contributed by atoms with E-state index in [4.69, 9.17) is 9.84 Å². The minimum atomic E-state index is -0.403. The number of phenols is 2. The van der Waals surface area contributed by atoms with Crippen molar-refractivity contribution < 1.29 is 19.7 Å². The van der Waals surface area contributed by atoms with E-state index in [9.17, 15) is 9.90 Å². The van der Waals surface area contributed by atoms with E-state index in [1.165, 1.54) is 18.2 Å². The summed E-state index contributed by atoms with van der Waals surface area (Å²) in [5, 5.41) is 18.2. The van der Waals surface area contributed by atoms with Crippen LogP contribution in [-0.4, -0.2) is 22.8 Å². The van der Waals surface area contributed by atoms with Crippen LogP contribution in [0.3, 0.4) is 0 Å². The van der Waals surface area contributed by atoms with Crippen molar-refractivity contribution in [3.8, 4) is 11.5 Å². The van der Waals surface area contributed by atoms with Crippen molar-refractivity contribution in [2.45, 2.75) is 6.42 Å².